The quantitative estimate of drug-likeness (QED) is 0.147. The summed E-state index contributed by atoms with van der Waals surface area (Å²) in [4.78, 5) is 33.2. The Morgan fingerprint density at radius 2 is 1.86 bits per heavy atom. The topological polar surface area (TPSA) is 88.2 Å². The first-order valence-corrected chi connectivity index (χ1v) is 15.0. The van der Waals surface area contributed by atoms with E-state index >= 15 is 0 Å². The number of carbonyl (C=O) groups excluding carboxylic acids is 2. The molecule has 0 atom stereocenters. The number of pyridine rings is 1. The van der Waals surface area contributed by atoms with Crippen molar-refractivity contribution < 1.29 is 23.5 Å². The fourth-order valence-electron chi connectivity index (χ4n) is 3.88. The van der Waals surface area contributed by atoms with Gasteiger partial charge in [0.25, 0.3) is 0 Å². The van der Waals surface area contributed by atoms with Gasteiger partial charge in [0.2, 0.25) is 0 Å². The first-order valence-electron chi connectivity index (χ1n) is 11.3. The summed E-state index contributed by atoms with van der Waals surface area (Å²) < 4.78 is 29.0. The summed E-state index contributed by atoms with van der Waals surface area (Å²) in [5.41, 5.74) is 2.49. The molecule has 4 aromatic rings. The van der Waals surface area contributed by atoms with Crippen molar-refractivity contribution in [2.24, 2.45) is 7.05 Å². The number of aryl methyl sites for hydroxylation is 1. The number of ether oxygens (including phenoxy) is 2. The molecule has 0 aliphatic heterocycles. The molecule has 0 aliphatic rings. The van der Waals surface area contributed by atoms with E-state index in [1.54, 1.807) is 17.7 Å². The van der Waals surface area contributed by atoms with Gasteiger partial charge >= 0.3 is 5.97 Å². The van der Waals surface area contributed by atoms with Crippen LogP contribution in [0.5, 0.6) is 0 Å². The van der Waals surface area contributed by atoms with Gasteiger partial charge in [-0.1, -0.05) is 19.6 Å². The molecular weight excluding hydrogens is 467 g/mol. The van der Waals surface area contributed by atoms with Crippen LogP contribution in [0, 0.1) is 5.82 Å². The second kappa shape index (κ2) is 9.35. The highest BCUT2D eigenvalue weighted by atomic mass is 28.3. The predicted octanol–water partition coefficient (Wildman–Crippen LogP) is 5.03. The average Bonchev–Trinajstić information content (AvgIpc) is 3.31. The molecule has 0 amide bonds. The van der Waals surface area contributed by atoms with Crippen LogP contribution in [0.1, 0.15) is 27.8 Å². The number of ketones is 1. The van der Waals surface area contributed by atoms with Gasteiger partial charge in [-0.05, 0) is 30.3 Å². The molecule has 3 heterocycles. The standard InChI is InChI=1S/C25H29FN4O4Si/c1-15(31)19-8-7-16-11-22(30(23(16)27-19)14-34-9-10-35(4,5)6)24-28-20-12-17(25(32)33-3)18(26)13-21(20)29(24)2/h7-8,11-13H,9-10,14H2,1-6H3. The van der Waals surface area contributed by atoms with Gasteiger partial charge in [0, 0.05) is 40.1 Å². The molecule has 4 rings (SSSR count). The van der Waals surface area contributed by atoms with Gasteiger partial charge in [0.1, 0.15) is 23.9 Å². The zero-order valence-electron chi connectivity index (χ0n) is 20.8. The van der Waals surface area contributed by atoms with Crippen LogP contribution >= 0.6 is 0 Å². The number of hydrogen-bond acceptors (Lipinski definition) is 6. The molecule has 0 unspecified atom stereocenters. The van der Waals surface area contributed by atoms with E-state index in [2.05, 4.69) is 29.4 Å². The van der Waals surface area contributed by atoms with Crippen molar-refractivity contribution in [3.05, 3.63) is 47.4 Å². The Balaban J connectivity index is 1.85. The lowest BCUT2D eigenvalue weighted by molar-refractivity contribution is 0.0595. The van der Waals surface area contributed by atoms with Gasteiger partial charge in [-0.3, -0.25) is 9.36 Å². The lowest BCUT2D eigenvalue weighted by Gasteiger charge is -2.16. The summed E-state index contributed by atoms with van der Waals surface area (Å²) in [6.45, 7) is 9.17. The van der Waals surface area contributed by atoms with Crippen LogP contribution in [0.25, 0.3) is 33.6 Å². The van der Waals surface area contributed by atoms with Crippen LogP contribution in [0.2, 0.25) is 25.7 Å². The molecule has 0 saturated carbocycles. The van der Waals surface area contributed by atoms with Crippen molar-refractivity contribution in [1.82, 2.24) is 19.1 Å². The number of fused-ring (bicyclic) bond motifs is 2. The summed E-state index contributed by atoms with van der Waals surface area (Å²) in [5.74, 6) is -1.02. The van der Waals surface area contributed by atoms with Crippen LogP contribution in [-0.2, 0) is 23.3 Å². The van der Waals surface area contributed by atoms with E-state index in [4.69, 9.17) is 9.72 Å². The van der Waals surface area contributed by atoms with Crippen molar-refractivity contribution in [2.75, 3.05) is 13.7 Å². The zero-order valence-corrected chi connectivity index (χ0v) is 21.8. The van der Waals surface area contributed by atoms with Crippen LogP contribution in [0.4, 0.5) is 4.39 Å². The highest BCUT2D eigenvalue weighted by Crippen LogP contribution is 2.31. The van der Waals surface area contributed by atoms with Crippen molar-refractivity contribution >= 4 is 41.9 Å². The van der Waals surface area contributed by atoms with Crippen molar-refractivity contribution in [2.45, 2.75) is 39.3 Å². The summed E-state index contributed by atoms with van der Waals surface area (Å²) in [5, 5.41) is 0.826. The number of halogens is 1. The minimum Gasteiger partial charge on any atom is -0.465 e. The molecule has 3 aromatic heterocycles. The second-order valence-electron chi connectivity index (χ2n) is 9.78. The fourth-order valence-corrected chi connectivity index (χ4v) is 4.64. The van der Waals surface area contributed by atoms with E-state index in [0.717, 1.165) is 11.4 Å². The third-order valence-corrected chi connectivity index (χ3v) is 7.63. The van der Waals surface area contributed by atoms with Crippen LogP contribution in [0.3, 0.4) is 0 Å². The number of hydrogen-bond donors (Lipinski definition) is 0. The van der Waals surface area contributed by atoms with E-state index < -0.39 is 19.9 Å². The molecule has 0 N–H and O–H groups in total. The summed E-state index contributed by atoms with van der Waals surface area (Å²) in [7, 11) is 1.72. The van der Waals surface area contributed by atoms with Gasteiger partial charge < -0.3 is 14.0 Å². The van der Waals surface area contributed by atoms with Gasteiger partial charge in [-0.2, -0.15) is 0 Å². The summed E-state index contributed by atoms with van der Waals surface area (Å²) in [6, 6.07) is 9.14. The number of Topliss-reactive ketones (excluding diaryl/α,β-unsaturated/α-hetero) is 1. The highest BCUT2D eigenvalue weighted by Gasteiger charge is 2.22. The van der Waals surface area contributed by atoms with Crippen LogP contribution < -0.4 is 0 Å². The molecular formula is C25H29FN4O4Si. The number of methoxy groups -OCH3 is 1. The summed E-state index contributed by atoms with van der Waals surface area (Å²) in [6.07, 6.45) is 0. The Kier molecular flexibility index (Phi) is 6.61. The Morgan fingerprint density at radius 1 is 1.11 bits per heavy atom. The second-order valence-corrected chi connectivity index (χ2v) is 15.4. The maximum atomic E-state index is 14.6. The lowest BCUT2D eigenvalue weighted by atomic mass is 10.2. The number of nitrogens with zero attached hydrogens (tertiary/aromatic N) is 4. The molecule has 0 saturated heterocycles. The molecule has 184 valence electrons. The molecule has 0 spiro atoms. The molecule has 35 heavy (non-hydrogen) atoms. The van der Waals surface area contributed by atoms with E-state index in [0.29, 0.717) is 40.5 Å². The average molecular weight is 497 g/mol. The Labute approximate surface area is 203 Å². The van der Waals surface area contributed by atoms with Gasteiger partial charge in [-0.15, -0.1) is 0 Å². The number of rotatable bonds is 8. The molecule has 8 nitrogen and oxygen atoms in total. The maximum Gasteiger partial charge on any atom is 0.340 e. The molecule has 0 fully saturated rings. The van der Waals surface area contributed by atoms with Gasteiger partial charge in [0.05, 0.1) is 29.4 Å². The molecule has 1 aromatic carbocycles. The van der Waals surface area contributed by atoms with E-state index in [-0.39, 0.29) is 18.1 Å². The lowest BCUT2D eigenvalue weighted by Crippen LogP contribution is -2.22. The monoisotopic (exact) mass is 496 g/mol. The fraction of sp³-hybridized carbons (Fsp3) is 0.360. The first kappa shape index (κ1) is 24.7. The third-order valence-electron chi connectivity index (χ3n) is 5.93. The minimum atomic E-state index is -1.27. The molecule has 0 bridgehead atoms. The maximum absolute atomic E-state index is 14.6. The molecule has 10 heteroatoms. The highest BCUT2D eigenvalue weighted by molar-refractivity contribution is 6.76. The molecule has 0 aliphatic carbocycles. The first-order chi connectivity index (χ1) is 16.5. The molecule has 0 radical (unpaired) electrons. The Hall–Kier alpha value is -3.37. The SMILES string of the molecule is COC(=O)c1cc2nc(-c3cc4ccc(C(C)=O)nc4n3COCC[Si](C)(C)C)n(C)c2cc1F. The van der Waals surface area contributed by atoms with Crippen molar-refractivity contribution in [3.63, 3.8) is 0 Å². The number of benzene rings is 1. The predicted molar refractivity (Wildman–Crippen MR) is 135 cm³/mol. The van der Waals surface area contributed by atoms with Gasteiger partial charge in [0.15, 0.2) is 11.6 Å². The Bertz CT molecular complexity index is 1450. The van der Waals surface area contributed by atoms with Crippen LogP contribution in [0.15, 0.2) is 30.3 Å². The van der Waals surface area contributed by atoms with Crippen LogP contribution in [-0.4, -0.2) is 52.6 Å². The Morgan fingerprint density at radius 3 is 2.51 bits per heavy atom. The van der Waals surface area contributed by atoms with E-state index in [1.165, 1.54) is 26.2 Å². The summed E-state index contributed by atoms with van der Waals surface area (Å²) >= 11 is 0. The van der Waals surface area contributed by atoms with Crippen molar-refractivity contribution in [3.8, 4) is 11.5 Å². The number of aromatic nitrogens is 4. The number of esters is 1. The number of imidazole rings is 1. The van der Waals surface area contributed by atoms with Crippen molar-refractivity contribution in [1.29, 1.82) is 0 Å². The largest absolute Gasteiger partial charge is 0.465 e. The van der Waals surface area contributed by atoms with E-state index in [9.17, 15) is 14.0 Å². The zero-order chi connectivity index (χ0) is 25.5. The third kappa shape index (κ3) is 4.89. The van der Waals surface area contributed by atoms with E-state index in [1.807, 2.05) is 16.7 Å². The number of carbonyl (C=O) groups is 2. The smallest absolute Gasteiger partial charge is 0.340 e. The minimum absolute atomic E-state index is 0.130. The van der Waals surface area contributed by atoms with Gasteiger partial charge in [-0.25, -0.2) is 19.2 Å². The normalized spacial score (nSPS) is 12.0.